The molecule has 0 saturated heterocycles. The molecular formula is C11H12BrNO3. The highest BCUT2D eigenvalue weighted by molar-refractivity contribution is 9.10. The number of halogens is 1. The van der Waals surface area contributed by atoms with Gasteiger partial charge in [-0.05, 0) is 25.1 Å². The molecule has 86 valence electrons. The summed E-state index contributed by atoms with van der Waals surface area (Å²) in [7, 11) is 0. The van der Waals surface area contributed by atoms with Crippen LogP contribution in [0.15, 0.2) is 27.7 Å². The first-order chi connectivity index (χ1) is 7.63. The lowest BCUT2D eigenvalue weighted by atomic mass is 10.2. The number of rotatable bonds is 4. The number of carbonyl (C=O) groups excluding carboxylic acids is 1. The minimum Gasteiger partial charge on any atom is -0.507 e. The van der Waals surface area contributed by atoms with E-state index in [9.17, 15) is 9.90 Å². The summed E-state index contributed by atoms with van der Waals surface area (Å²) in [6.07, 6.45) is 1.44. The van der Waals surface area contributed by atoms with Crippen molar-refractivity contribution in [3.63, 3.8) is 0 Å². The highest BCUT2D eigenvalue weighted by Gasteiger charge is 2.00. The topological polar surface area (TPSA) is 58.9 Å². The molecule has 0 aliphatic rings. The molecule has 4 nitrogen and oxygen atoms in total. The van der Waals surface area contributed by atoms with Crippen molar-refractivity contribution >= 4 is 28.1 Å². The maximum absolute atomic E-state index is 11.0. The molecule has 1 rings (SSSR count). The second-order valence-electron chi connectivity index (χ2n) is 2.98. The molecule has 0 atom stereocenters. The average Bonchev–Trinajstić information content (AvgIpc) is 2.23. The number of benzene rings is 1. The number of ether oxygens (including phenoxy) is 1. The van der Waals surface area contributed by atoms with Crippen molar-refractivity contribution in [1.29, 1.82) is 0 Å². The molecule has 0 fully saturated rings. The van der Waals surface area contributed by atoms with E-state index >= 15 is 0 Å². The van der Waals surface area contributed by atoms with Gasteiger partial charge in [0, 0.05) is 16.3 Å². The van der Waals surface area contributed by atoms with Crippen LogP contribution in [0.4, 0.5) is 0 Å². The number of aromatic hydroxyl groups is 1. The monoisotopic (exact) mass is 285 g/mol. The van der Waals surface area contributed by atoms with Gasteiger partial charge in [-0.25, -0.2) is 0 Å². The third-order valence-corrected chi connectivity index (χ3v) is 2.24. The SMILES string of the molecule is CCOC(=O)CN=Cc1cc(Br)ccc1O. The fraction of sp³-hybridized carbons (Fsp3) is 0.273. The second kappa shape index (κ2) is 6.27. The van der Waals surface area contributed by atoms with E-state index in [2.05, 4.69) is 20.9 Å². The fourth-order valence-electron chi connectivity index (χ4n) is 1.05. The number of phenolic OH excluding ortho intramolecular Hbond substituents is 1. The van der Waals surface area contributed by atoms with Gasteiger partial charge in [0.05, 0.1) is 6.61 Å². The molecular weight excluding hydrogens is 274 g/mol. The zero-order valence-corrected chi connectivity index (χ0v) is 10.4. The lowest BCUT2D eigenvalue weighted by molar-refractivity contribution is -0.141. The van der Waals surface area contributed by atoms with Crippen LogP contribution in [0, 0.1) is 0 Å². The first-order valence-electron chi connectivity index (χ1n) is 4.77. The van der Waals surface area contributed by atoms with Crippen molar-refractivity contribution in [3.05, 3.63) is 28.2 Å². The molecule has 0 saturated carbocycles. The zero-order valence-electron chi connectivity index (χ0n) is 8.81. The van der Waals surface area contributed by atoms with E-state index in [0.29, 0.717) is 12.2 Å². The predicted octanol–water partition coefficient (Wildman–Crippen LogP) is 2.14. The Bertz CT molecular complexity index is 404. The third kappa shape index (κ3) is 4.02. The largest absolute Gasteiger partial charge is 0.507 e. The molecule has 1 aromatic carbocycles. The van der Waals surface area contributed by atoms with Gasteiger partial charge in [0.15, 0.2) is 0 Å². The van der Waals surface area contributed by atoms with E-state index < -0.39 is 0 Å². The van der Waals surface area contributed by atoms with Crippen LogP contribution in [-0.4, -0.2) is 30.4 Å². The molecule has 5 heteroatoms. The number of carbonyl (C=O) groups is 1. The van der Waals surface area contributed by atoms with Crippen LogP contribution in [0.5, 0.6) is 5.75 Å². The standard InChI is InChI=1S/C11H12BrNO3/c1-2-16-11(15)7-13-6-8-5-9(12)3-4-10(8)14/h3-6,14H,2,7H2,1H3. The van der Waals surface area contributed by atoms with Crippen molar-refractivity contribution < 1.29 is 14.6 Å². The summed E-state index contributed by atoms with van der Waals surface area (Å²) in [5.74, 6) is -0.260. The Hall–Kier alpha value is -1.36. The summed E-state index contributed by atoms with van der Waals surface area (Å²) in [5, 5.41) is 9.48. The lowest BCUT2D eigenvalue weighted by Gasteiger charge is -1.99. The lowest BCUT2D eigenvalue weighted by Crippen LogP contribution is -2.07. The van der Waals surface area contributed by atoms with Gasteiger partial charge < -0.3 is 9.84 Å². The molecule has 1 N–H and O–H groups in total. The Morgan fingerprint density at radius 1 is 1.62 bits per heavy atom. The maximum Gasteiger partial charge on any atom is 0.327 e. The van der Waals surface area contributed by atoms with Crippen molar-refractivity contribution in [2.75, 3.05) is 13.2 Å². The van der Waals surface area contributed by atoms with Crippen LogP contribution >= 0.6 is 15.9 Å². The van der Waals surface area contributed by atoms with E-state index in [4.69, 9.17) is 4.74 Å². The molecule has 0 bridgehead atoms. The van der Waals surface area contributed by atoms with Crippen LogP contribution in [0.3, 0.4) is 0 Å². The van der Waals surface area contributed by atoms with Crippen molar-refractivity contribution in [1.82, 2.24) is 0 Å². The highest BCUT2D eigenvalue weighted by Crippen LogP contribution is 2.19. The van der Waals surface area contributed by atoms with Crippen LogP contribution in [0.2, 0.25) is 0 Å². The van der Waals surface area contributed by atoms with Gasteiger partial charge in [0.2, 0.25) is 0 Å². The smallest absolute Gasteiger partial charge is 0.327 e. The van der Waals surface area contributed by atoms with Gasteiger partial charge >= 0.3 is 5.97 Å². The molecule has 0 aliphatic carbocycles. The minimum atomic E-state index is -0.381. The molecule has 0 spiro atoms. The van der Waals surface area contributed by atoms with E-state index in [1.165, 1.54) is 6.21 Å². The Morgan fingerprint density at radius 2 is 2.38 bits per heavy atom. The normalized spacial score (nSPS) is 10.6. The molecule has 1 aromatic rings. The fourth-order valence-corrected chi connectivity index (χ4v) is 1.43. The highest BCUT2D eigenvalue weighted by atomic mass is 79.9. The van der Waals surface area contributed by atoms with E-state index in [1.54, 1.807) is 25.1 Å². The molecule has 0 heterocycles. The average molecular weight is 286 g/mol. The number of esters is 1. The number of phenols is 1. The van der Waals surface area contributed by atoms with Crippen molar-refractivity contribution in [2.24, 2.45) is 4.99 Å². The summed E-state index contributed by atoms with van der Waals surface area (Å²) < 4.78 is 5.55. The van der Waals surface area contributed by atoms with Gasteiger partial charge in [0.1, 0.15) is 12.3 Å². The molecule has 0 amide bonds. The predicted molar refractivity (Wildman–Crippen MR) is 64.9 cm³/mol. The van der Waals surface area contributed by atoms with Crippen LogP contribution in [0.25, 0.3) is 0 Å². The summed E-state index contributed by atoms with van der Waals surface area (Å²) >= 11 is 3.28. The summed E-state index contributed by atoms with van der Waals surface area (Å²) in [4.78, 5) is 14.9. The number of hydrogen-bond acceptors (Lipinski definition) is 4. The molecule has 0 unspecified atom stereocenters. The Balaban J connectivity index is 2.62. The number of nitrogens with zero attached hydrogens (tertiary/aromatic N) is 1. The molecule has 0 radical (unpaired) electrons. The second-order valence-corrected chi connectivity index (χ2v) is 3.89. The number of hydrogen-bond donors (Lipinski definition) is 1. The van der Waals surface area contributed by atoms with E-state index in [-0.39, 0.29) is 18.3 Å². The van der Waals surface area contributed by atoms with Gasteiger partial charge in [-0.2, -0.15) is 0 Å². The summed E-state index contributed by atoms with van der Waals surface area (Å²) in [6, 6.07) is 4.98. The van der Waals surface area contributed by atoms with Crippen LogP contribution in [0.1, 0.15) is 12.5 Å². The molecule has 16 heavy (non-hydrogen) atoms. The Morgan fingerprint density at radius 3 is 3.06 bits per heavy atom. The van der Waals surface area contributed by atoms with Gasteiger partial charge in [-0.15, -0.1) is 0 Å². The zero-order chi connectivity index (χ0) is 12.0. The summed E-state index contributed by atoms with van der Waals surface area (Å²) in [5.41, 5.74) is 0.554. The van der Waals surface area contributed by atoms with Crippen molar-refractivity contribution in [2.45, 2.75) is 6.92 Å². The molecule has 0 aromatic heterocycles. The Labute approximate surface area is 102 Å². The quantitative estimate of drug-likeness (QED) is 0.681. The first kappa shape index (κ1) is 12.7. The molecule has 0 aliphatic heterocycles. The van der Waals surface area contributed by atoms with E-state index in [1.807, 2.05) is 0 Å². The maximum atomic E-state index is 11.0. The summed E-state index contributed by atoms with van der Waals surface area (Å²) in [6.45, 7) is 2.04. The minimum absolute atomic E-state index is 0.0419. The van der Waals surface area contributed by atoms with E-state index in [0.717, 1.165) is 4.47 Å². The van der Waals surface area contributed by atoms with Gasteiger partial charge in [-0.3, -0.25) is 9.79 Å². The van der Waals surface area contributed by atoms with Crippen LogP contribution < -0.4 is 0 Å². The number of aliphatic imine (C=N–C) groups is 1. The van der Waals surface area contributed by atoms with Crippen molar-refractivity contribution in [3.8, 4) is 5.75 Å². The van der Waals surface area contributed by atoms with Gasteiger partial charge in [0.25, 0.3) is 0 Å². The first-order valence-corrected chi connectivity index (χ1v) is 5.56. The van der Waals surface area contributed by atoms with Gasteiger partial charge in [-0.1, -0.05) is 15.9 Å². The third-order valence-electron chi connectivity index (χ3n) is 1.75. The Kier molecular flexibility index (Phi) is 4.98. The van der Waals surface area contributed by atoms with Crippen LogP contribution in [-0.2, 0) is 9.53 Å².